The molecule has 1 N–H and O–H groups in total. The maximum Gasteiger partial charge on any atom is 0.0722 e. The molecule has 1 aromatic rings. The molecule has 0 radical (unpaired) electrons. The Balaban J connectivity index is 1.80. The lowest BCUT2D eigenvalue weighted by atomic mass is 9.89. The quantitative estimate of drug-likeness (QED) is 0.874. The molecule has 120 valence electrons. The van der Waals surface area contributed by atoms with E-state index >= 15 is 0 Å². The van der Waals surface area contributed by atoms with Crippen molar-refractivity contribution in [2.75, 3.05) is 26.2 Å². The Morgan fingerprint density at radius 1 is 1.29 bits per heavy atom. The molecule has 1 aliphatic heterocycles. The number of likely N-dealkylation sites (tertiary alicyclic amines) is 1. The summed E-state index contributed by atoms with van der Waals surface area (Å²) in [6.07, 6.45) is 4.91. The van der Waals surface area contributed by atoms with Crippen molar-refractivity contribution >= 4 is 0 Å². The monoisotopic (exact) mass is 292 g/mol. The van der Waals surface area contributed by atoms with Gasteiger partial charge in [0.25, 0.3) is 0 Å². The molecule has 1 aliphatic rings. The van der Waals surface area contributed by atoms with Crippen molar-refractivity contribution in [3.63, 3.8) is 0 Å². The summed E-state index contributed by atoms with van der Waals surface area (Å²) in [4.78, 5) is 2.59. The molecule has 21 heavy (non-hydrogen) atoms. The molecule has 0 aromatic carbocycles. The predicted molar refractivity (Wildman–Crippen MR) is 88.5 cm³/mol. The van der Waals surface area contributed by atoms with Gasteiger partial charge in [-0.3, -0.25) is 4.68 Å². The lowest BCUT2D eigenvalue weighted by molar-refractivity contribution is 0.282. The molecule has 4 heteroatoms. The number of nitrogens with zero attached hydrogens (tertiary/aromatic N) is 3. The number of hydrogen-bond donors (Lipinski definition) is 1. The number of aromatic nitrogens is 2. The molecule has 2 rings (SSSR count). The van der Waals surface area contributed by atoms with Gasteiger partial charge < -0.3 is 10.2 Å². The Hall–Kier alpha value is -0.870. The number of rotatable bonds is 6. The molecule has 0 saturated carbocycles. The van der Waals surface area contributed by atoms with Crippen molar-refractivity contribution in [1.29, 1.82) is 0 Å². The third-order valence-corrected chi connectivity index (χ3v) is 4.19. The molecule has 2 heterocycles. The fraction of sp³-hybridized carbons (Fsp3) is 0.824. The molecule has 0 aliphatic carbocycles. The van der Waals surface area contributed by atoms with Gasteiger partial charge in [0.05, 0.1) is 5.69 Å². The maximum atomic E-state index is 4.63. The fourth-order valence-corrected chi connectivity index (χ4v) is 3.22. The number of hydrogen-bond acceptors (Lipinski definition) is 3. The molecular weight excluding hydrogens is 260 g/mol. The highest BCUT2D eigenvalue weighted by atomic mass is 15.3. The summed E-state index contributed by atoms with van der Waals surface area (Å²) in [6.45, 7) is 14.9. The Morgan fingerprint density at radius 2 is 1.95 bits per heavy atom. The Kier molecular flexibility index (Phi) is 5.44. The molecule has 1 fully saturated rings. The number of aryl methyl sites for hydroxylation is 1. The van der Waals surface area contributed by atoms with Crippen molar-refractivity contribution in [1.82, 2.24) is 20.0 Å². The van der Waals surface area contributed by atoms with E-state index in [1.165, 1.54) is 43.7 Å². The zero-order chi connectivity index (χ0) is 15.5. The molecule has 0 bridgehead atoms. The van der Waals surface area contributed by atoms with Crippen molar-refractivity contribution in [3.05, 3.63) is 17.5 Å². The topological polar surface area (TPSA) is 33.1 Å². The first-order valence-electron chi connectivity index (χ1n) is 8.32. The fourth-order valence-electron chi connectivity index (χ4n) is 3.22. The van der Waals surface area contributed by atoms with Crippen LogP contribution in [0.2, 0.25) is 0 Å². The van der Waals surface area contributed by atoms with Gasteiger partial charge in [0, 0.05) is 37.3 Å². The highest BCUT2D eigenvalue weighted by molar-refractivity contribution is 5.23. The van der Waals surface area contributed by atoms with Crippen LogP contribution in [0.5, 0.6) is 0 Å². The van der Waals surface area contributed by atoms with Gasteiger partial charge in [0.15, 0.2) is 0 Å². The smallest absolute Gasteiger partial charge is 0.0722 e. The zero-order valence-electron chi connectivity index (χ0n) is 14.4. The molecule has 4 nitrogen and oxygen atoms in total. The van der Waals surface area contributed by atoms with Gasteiger partial charge in [0.2, 0.25) is 0 Å². The van der Waals surface area contributed by atoms with Crippen LogP contribution in [0.3, 0.4) is 0 Å². The summed E-state index contributed by atoms with van der Waals surface area (Å²) >= 11 is 0. The second kappa shape index (κ2) is 6.93. The van der Waals surface area contributed by atoms with E-state index < -0.39 is 0 Å². The molecule has 1 unspecified atom stereocenters. The van der Waals surface area contributed by atoms with Crippen LogP contribution in [0.15, 0.2) is 6.20 Å². The SMILES string of the molecule is CC(CNCc1cn(C)nc1C(C)(C)C)CN1CCCC1. The van der Waals surface area contributed by atoms with E-state index in [4.69, 9.17) is 0 Å². The highest BCUT2D eigenvalue weighted by Crippen LogP contribution is 2.24. The van der Waals surface area contributed by atoms with Crippen LogP contribution in [0.25, 0.3) is 0 Å². The van der Waals surface area contributed by atoms with Crippen molar-refractivity contribution in [3.8, 4) is 0 Å². The summed E-state index contributed by atoms with van der Waals surface area (Å²) in [5.41, 5.74) is 2.66. The minimum Gasteiger partial charge on any atom is -0.312 e. The van der Waals surface area contributed by atoms with Gasteiger partial charge >= 0.3 is 0 Å². The second-order valence-corrected chi connectivity index (χ2v) is 7.67. The summed E-state index contributed by atoms with van der Waals surface area (Å²) in [7, 11) is 2.01. The molecule has 0 amide bonds. The Bertz CT molecular complexity index is 438. The predicted octanol–water partition coefficient (Wildman–Crippen LogP) is 2.54. The average Bonchev–Trinajstić information content (AvgIpc) is 2.98. The van der Waals surface area contributed by atoms with E-state index in [9.17, 15) is 0 Å². The van der Waals surface area contributed by atoms with E-state index in [-0.39, 0.29) is 5.41 Å². The second-order valence-electron chi connectivity index (χ2n) is 7.67. The van der Waals surface area contributed by atoms with Crippen molar-refractivity contribution < 1.29 is 0 Å². The van der Waals surface area contributed by atoms with E-state index in [2.05, 4.69) is 49.2 Å². The standard InChI is InChI=1S/C17H32N4/c1-14(12-21-8-6-7-9-21)10-18-11-15-13-20(5)19-16(15)17(2,3)4/h13-14,18H,6-12H2,1-5H3. The van der Waals surface area contributed by atoms with Gasteiger partial charge in [-0.25, -0.2) is 0 Å². The van der Waals surface area contributed by atoms with E-state index in [0.717, 1.165) is 13.1 Å². The van der Waals surface area contributed by atoms with Gasteiger partial charge in [-0.15, -0.1) is 0 Å². The lowest BCUT2D eigenvalue weighted by Gasteiger charge is -2.21. The third-order valence-electron chi connectivity index (χ3n) is 4.19. The first-order valence-corrected chi connectivity index (χ1v) is 8.32. The minimum absolute atomic E-state index is 0.111. The first-order chi connectivity index (χ1) is 9.86. The maximum absolute atomic E-state index is 4.63. The Morgan fingerprint density at radius 3 is 2.57 bits per heavy atom. The van der Waals surface area contributed by atoms with Crippen LogP contribution >= 0.6 is 0 Å². The molecule has 1 atom stereocenters. The van der Waals surface area contributed by atoms with Crippen LogP contribution < -0.4 is 5.32 Å². The summed E-state index contributed by atoms with van der Waals surface area (Å²) in [6, 6.07) is 0. The van der Waals surface area contributed by atoms with E-state index in [1.54, 1.807) is 0 Å². The third kappa shape index (κ3) is 4.82. The first kappa shape index (κ1) is 16.5. The van der Waals surface area contributed by atoms with Crippen molar-refractivity contribution in [2.45, 2.75) is 52.5 Å². The summed E-state index contributed by atoms with van der Waals surface area (Å²) < 4.78 is 1.94. The molecule has 1 saturated heterocycles. The van der Waals surface area contributed by atoms with Crippen LogP contribution in [-0.2, 0) is 19.0 Å². The van der Waals surface area contributed by atoms with Crippen LogP contribution in [0, 0.1) is 5.92 Å². The number of nitrogens with one attached hydrogen (secondary N) is 1. The zero-order valence-corrected chi connectivity index (χ0v) is 14.4. The van der Waals surface area contributed by atoms with E-state index in [0.29, 0.717) is 5.92 Å². The largest absolute Gasteiger partial charge is 0.312 e. The van der Waals surface area contributed by atoms with Crippen LogP contribution in [0.4, 0.5) is 0 Å². The molecule has 1 aromatic heterocycles. The normalized spacial score (nSPS) is 18.3. The molecule has 0 spiro atoms. The Labute approximate surface area is 129 Å². The van der Waals surface area contributed by atoms with E-state index in [1.807, 2.05) is 11.7 Å². The van der Waals surface area contributed by atoms with Gasteiger partial charge in [0.1, 0.15) is 0 Å². The van der Waals surface area contributed by atoms with Gasteiger partial charge in [-0.1, -0.05) is 27.7 Å². The summed E-state index contributed by atoms with van der Waals surface area (Å²) in [5.74, 6) is 0.706. The minimum atomic E-state index is 0.111. The van der Waals surface area contributed by atoms with Crippen LogP contribution in [0.1, 0.15) is 51.8 Å². The van der Waals surface area contributed by atoms with Gasteiger partial charge in [-0.05, 0) is 38.4 Å². The van der Waals surface area contributed by atoms with Crippen LogP contribution in [-0.4, -0.2) is 40.9 Å². The lowest BCUT2D eigenvalue weighted by Crippen LogP contribution is -2.31. The van der Waals surface area contributed by atoms with Crippen molar-refractivity contribution in [2.24, 2.45) is 13.0 Å². The average molecular weight is 292 g/mol. The van der Waals surface area contributed by atoms with Gasteiger partial charge in [-0.2, -0.15) is 5.10 Å². The summed E-state index contributed by atoms with van der Waals surface area (Å²) in [5, 5.41) is 8.25. The molecular formula is C17H32N4. The highest BCUT2D eigenvalue weighted by Gasteiger charge is 2.21.